The molecule has 0 aliphatic rings. The van der Waals surface area contributed by atoms with Gasteiger partial charge in [-0.2, -0.15) is 0 Å². The topological polar surface area (TPSA) is 18.5 Å². The van der Waals surface area contributed by atoms with Crippen LogP contribution >= 0.6 is 0 Å². The van der Waals surface area contributed by atoms with Crippen LogP contribution in [0.15, 0.2) is 72.8 Å². The molecule has 0 atom stereocenters. The summed E-state index contributed by atoms with van der Waals surface area (Å²) < 4.78 is 12.2. The van der Waals surface area contributed by atoms with Gasteiger partial charge in [-0.05, 0) is 37.1 Å². The molecule has 3 aromatic rings. The molecule has 2 heteroatoms. The Morgan fingerprint density at radius 3 is 1.34 bits per heavy atom. The normalized spacial score (nSPS) is 9.81. The fourth-order valence-corrected chi connectivity index (χ4v) is 2.97. The number of hydrogen-bond acceptors (Lipinski definition) is 2. The van der Waals surface area contributed by atoms with Crippen LogP contribution in [0.2, 0.25) is 0 Å². The van der Waals surface area contributed by atoms with Crippen LogP contribution in [0, 0.1) is 23.7 Å². The van der Waals surface area contributed by atoms with E-state index in [4.69, 9.17) is 9.47 Å². The molecule has 162 valence electrons. The van der Waals surface area contributed by atoms with Gasteiger partial charge in [-0.1, -0.05) is 86.8 Å². The molecular formula is C30H30O2. The Morgan fingerprint density at radius 1 is 0.562 bits per heavy atom. The summed E-state index contributed by atoms with van der Waals surface area (Å²) in [7, 11) is 0. The van der Waals surface area contributed by atoms with E-state index in [1.807, 2.05) is 72.8 Å². The molecule has 2 nitrogen and oxygen atoms in total. The number of hydrogen-bond donors (Lipinski definition) is 0. The molecule has 0 unspecified atom stereocenters. The number of benzene rings is 3. The van der Waals surface area contributed by atoms with Crippen LogP contribution in [0.3, 0.4) is 0 Å². The first-order valence-electron chi connectivity index (χ1n) is 11.4. The van der Waals surface area contributed by atoms with Crippen molar-refractivity contribution in [1.29, 1.82) is 0 Å². The van der Waals surface area contributed by atoms with Crippen LogP contribution in [-0.4, -0.2) is 13.2 Å². The van der Waals surface area contributed by atoms with Gasteiger partial charge >= 0.3 is 0 Å². The summed E-state index contributed by atoms with van der Waals surface area (Å²) in [6.45, 7) is 5.61. The van der Waals surface area contributed by atoms with Gasteiger partial charge in [0, 0.05) is 23.3 Å². The lowest BCUT2D eigenvalue weighted by Gasteiger charge is -2.13. The SMILES string of the molecule is CCCCOc1cc(C#Cc2ccccc2)c(OCCCC)cc1C#Cc1ccccc1. The van der Waals surface area contributed by atoms with Gasteiger partial charge in [0.05, 0.1) is 24.3 Å². The highest BCUT2D eigenvalue weighted by Gasteiger charge is 2.11. The predicted molar refractivity (Wildman–Crippen MR) is 132 cm³/mol. The molecule has 0 saturated carbocycles. The van der Waals surface area contributed by atoms with E-state index >= 15 is 0 Å². The largest absolute Gasteiger partial charge is 0.492 e. The van der Waals surface area contributed by atoms with Gasteiger partial charge in [-0.15, -0.1) is 0 Å². The Morgan fingerprint density at radius 2 is 0.969 bits per heavy atom. The quantitative estimate of drug-likeness (QED) is 0.292. The molecule has 0 aliphatic heterocycles. The first kappa shape index (κ1) is 23.1. The number of rotatable bonds is 8. The van der Waals surface area contributed by atoms with E-state index in [0.717, 1.165) is 59.4 Å². The monoisotopic (exact) mass is 422 g/mol. The molecule has 0 fully saturated rings. The van der Waals surface area contributed by atoms with Crippen LogP contribution in [0.25, 0.3) is 0 Å². The molecule has 3 rings (SSSR count). The third-order valence-electron chi connectivity index (χ3n) is 4.82. The number of ether oxygens (including phenoxy) is 2. The zero-order valence-corrected chi connectivity index (χ0v) is 19.0. The standard InChI is InChI=1S/C30H30O2/c1-3-5-21-31-29-23-28(20-18-26-15-11-8-12-16-26)30(32-22-6-4-2)24-27(29)19-17-25-13-9-7-10-14-25/h7-16,23-24H,3-6,21-22H2,1-2H3. The van der Waals surface area contributed by atoms with Crippen LogP contribution < -0.4 is 9.47 Å². The predicted octanol–water partition coefficient (Wildman–Crippen LogP) is 6.84. The Hall–Kier alpha value is -3.62. The van der Waals surface area contributed by atoms with E-state index < -0.39 is 0 Å². The van der Waals surface area contributed by atoms with Crippen molar-refractivity contribution in [2.75, 3.05) is 13.2 Å². The molecule has 0 saturated heterocycles. The van der Waals surface area contributed by atoms with Crippen molar-refractivity contribution in [2.45, 2.75) is 39.5 Å². The smallest absolute Gasteiger partial charge is 0.136 e. The van der Waals surface area contributed by atoms with E-state index in [9.17, 15) is 0 Å². The van der Waals surface area contributed by atoms with Crippen LogP contribution in [0.4, 0.5) is 0 Å². The zero-order chi connectivity index (χ0) is 22.4. The van der Waals surface area contributed by atoms with Crippen molar-refractivity contribution in [3.05, 3.63) is 95.1 Å². The maximum absolute atomic E-state index is 6.11. The van der Waals surface area contributed by atoms with Crippen LogP contribution in [0.5, 0.6) is 11.5 Å². The van der Waals surface area contributed by atoms with Crippen LogP contribution in [-0.2, 0) is 0 Å². The molecular weight excluding hydrogens is 392 g/mol. The van der Waals surface area contributed by atoms with Gasteiger partial charge in [0.1, 0.15) is 11.5 Å². The summed E-state index contributed by atoms with van der Waals surface area (Å²) in [6, 6.07) is 23.9. The second-order valence-electron chi connectivity index (χ2n) is 7.48. The molecule has 0 bridgehead atoms. The van der Waals surface area contributed by atoms with E-state index in [1.165, 1.54) is 0 Å². The van der Waals surface area contributed by atoms with Crippen molar-refractivity contribution < 1.29 is 9.47 Å². The Balaban J connectivity index is 2.01. The van der Waals surface area contributed by atoms with Gasteiger partial charge in [-0.25, -0.2) is 0 Å². The minimum atomic E-state index is 0.651. The molecule has 32 heavy (non-hydrogen) atoms. The Kier molecular flexibility index (Phi) is 9.32. The van der Waals surface area contributed by atoms with Gasteiger partial charge < -0.3 is 9.47 Å². The second-order valence-corrected chi connectivity index (χ2v) is 7.48. The highest BCUT2D eigenvalue weighted by atomic mass is 16.5. The minimum Gasteiger partial charge on any atom is -0.492 e. The summed E-state index contributed by atoms with van der Waals surface area (Å²) in [5.74, 6) is 14.6. The lowest BCUT2D eigenvalue weighted by atomic mass is 10.1. The molecule has 0 amide bonds. The molecule has 0 aliphatic carbocycles. The van der Waals surface area contributed by atoms with Crippen molar-refractivity contribution in [3.63, 3.8) is 0 Å². The fraction of sp³-hybridized carbons (Fsp3) is 0.267. The molecule has 3 aromatic carbocycles. The van der Waals surface area contributed by atoms with Gasteiger partial charge in [-0.3, -0.25) is 0 Å². The van der Waals surface area contributed by atoms with Gasteiger partial charge in [0.25, 0.3) is 0 Å². The number of unbranched alkanes of at least 4 members (excludes halogenated alkanes) is 2. The van der Waals surface area contributed by atoms with E-state index in [-0.39, 0.29) is 0 Å². The average Bonchev–Trinajstić information content (AvgIpc) is 2.84. The van der Waals surface area contributed by atoms with Crippen molar-refractivity contribution in [2.24, 2.45) is 0 Å². The highest BCUT2D eigenvalue weighted by molar-refractivity contribution is 5.60. The summed E-state index contributed by atoms with van der Waals surface area (Å²) in [6.07, 6.45) is 4.13. The third-order valence-corrected chi connectivity index (χ3v) is 4.82. The minimum absolute atomic E-state index is 0.651. The summed E-state index contributed by atoms with van der Waals surface area (Å²) in [5, 5.41) is 0. The third kappa shape index (κ3) is 7.26. The van der Waals surface area contributed by atoms with Crippen molar-refractivity contribution in [3.8, 4) is 35.2 Å². The van der Waals surface area contributed by atoms with Crippen molar-refractivity contribution in [1.82, 2.24) is 0 Å². The summed E-state index contributed by atoms with van der Waals surface area (Å²) >= 11 is 0. The molecule has 0 heterocycles. The fourth-order valence-electron chi connectivity index (χ4n) is 2.97. The molecule has 0 aromatic heterocycles. The van der Waals surface area contributed by atoms with E-state index in [1.54, 1.807) is 0 Å². The van der Waals surface area contributed by atoms with Gasteiger partial charge in [0.2, 0.25) is 0 Å². The van der Waals surface area contributed by atoms with Gasteiger partial charge in [0.15, 0.2) is 0 Å². The lowest BCUT2D eigenvalue weighted by molar-refractivity contribution is 0.299. The Bertz CT molecular complexity index is 1000. The molecule has 0 radical (unpaired) electrons. The summed E-state index contributed by atoms with van der Waals surface area (Å²) in [4.78, 5) is 0. The maximum atomic E-state index is 6.11. The zero-order valence-electron chi connectivity index (χ0n) is 19.0. The maximum Gasteiger partial charge on any atom is 0.136 e. The Labute approximate surface area is 192 Å². The first-order valence-corrected chi connectivity index (χ1v) is 11.4. The van der Waals surface area contributed by atoms with E-state index in [0.29, 0.717) is 13.2 Å². The lowest BCUT2D eigenvalue weighted by Crippen LogP contribution is -2.03. The second kappa shape index (κ2) is 12.9. The highest BCUT2D eigenvalue weighted by Crippen LogP contribution is 2.29. The van der Waals surface area contributed by atoms with E-state index in [2.05, 4.69) is 37.5 Å². The first-order chi connectivity index (χ1) is 15.8. The van der Waals surface area contributed by atoms with Crippen LogP contribution in [0.1, 0.15) is 61.8 Å². The summed E-state index contributed by atoms with van der Waals surface area (Å²) in [5.41, 5.74) is 3.57. The molecule has 0 spiro atoms. The molecule has 0 N–H and O–H groups in total. The van der Waals surface area contributed by atoms with Crippen molar-refractivity contribution >= 4 is 0 Å². The average molecular weight is 423 g/mol.